The lowest BCUT2D eigenvalue weighted by atomic mass is 9.69. The summed E-state index contributed by atoms with van der Waals surface area (Å²) in [5.74, 6) is 0.104. The highest BCUT2D eigenvalue weighted by Crippen LogP contribution is 2.45. The summed E-state index contributed by atoms with van der Waals surface area (Å²) in [4.78, 5) is 12.2. The van der Waals surface area contributed by atoms with E-state index in [9.17, 15) is 20.3 Å². The highest BCUT2D eigenvalue weighted by molar-refractivity contribution is 5.81. The van der Waals surface area contributed by atoms with Gasteiger partial charge in [-0.1, -0.05) is 6.92 Å². The molecule has 2 fully saturated rings. The van der Waals surface area contributed by atoms with Gasteiger partial charge in [0.05, 0.1) is 11.6 Å². The lowest BCUT2D eigenvalue weighted by Crippen LogP contribution is -2.66. The van der Waals surface area contributed by atoms with Crippen LogP contribution in [-0.4, -0.2) is 59.7 Å². The van der Waals surface area contributed by atoms with Gasteiger partial charge in [-0.05, 0) is 60.8 Å². The Morgan fingerprint density at radius 2 is 1.48 bits per heavy atom. The van der Waals surface area contributed by atoms with Crippen LogP contribution in [0.5, 0.6) is 0 Å². The van der Waals surface area contributed by atoms with Crippen LogP contribution < -0.4 is 0 Å². The van der Waals surface area contributed by atoms with Crippen LogP contribution in [0.15, 0.2) is 0 Å². The Bertz CT molecular complexity index is 536. The van der Waals surface area contributed by atoms with E-state index >= 15 is 0 Å². The third-order valence-corrected chi connectivity index (χ3v) is 6.89. The van der Waals surface area contributed by atoms with Gasteiger partial charge in [-0.3, -0.25) is 4.79 Å². The first kappa shape index (κ1) is 20.8. The van der Waals surface area contributed by atoms with Crippen molar-refractivity contribution in [1.82, 2.24) is 10.1 Å². The number of piperidine rings is 2. The molecule has 0 saturated carbocycles. The maximum atomic E-state index is 12.2. The number of hydroxylamine groups is 4. The standard InChI is InChI=1S/C19H36N2O4/c1-13-15(23)12-19(7,21(25)17(13,4)5)9-8-18(6)11-14(22)10-16(2,3)20(18)24/h13,15,23-25H,8-12H2,1-7H3. The number of aliphatic hydroxyl groups is 1. The molecule has 2 heterocycles. The van der Waals surface area contributed by atoms with Crippen LogP contribution in [0, 0.1) is 5.92 Å². The van der Waals surface area contributed by atoms with Crippen LogP contribution in [-0.2, 0) is 4.79 Å². The maximum Gasteiger partial charge on any atom is 0.136 e. The number of carbonyl (C=O) groups is 1. The Hall–Kier alpha value is -0.530. The van der Waals surface area contributed by atoms with Gasteiger partial charge in [0.25, 0.3) is 0 Å². The van der Waals surface area contributed by atoms with Crippen molar-refractivity contribution in [3.8, 4) is 0 Å². The molecule has 0 aromatic carbocycles. The van der Waals surface area contributed by atoms with Crippen molar-refractivity contribution in [2.75, 3.05) is 0 Å². The minimum absolute atomic E-state index is 0.0503. The molecule has 25 heavy (non-hydrogen) atoms. The minimum Gasteiger partial charge on any atom is -0.393 e. The van der Waals surface area contributed by atoms with E-state index in [1.807, 2.05) is 48.5 Å². The lowest BCUT2D eigenvalue weighted by Gasteiger charge is -2.56. The molecule has 4 unspecified atom stereocenters. The summed E-state index contributed by atoms with van der Waals surface area (Å²) in [5, 5.41) is 34.8. The normalized spacial score (nSPS) is 42.6. The fourth-order valence-electron chi connectivity index (χ4n) is 4.86. The number of ketones is 1. The second kappa shape index (κ2) is 6.27. The van der Waals surface area contributed by atoms with Crippen molar-refractivity contribution in [3.05, 3.63) is 0 Å². The summed E-state index contributed by atoms with van der Waals surface area (Å²) in [6.45, 7) is 13.4. The minimum atomic E-state index is -0.666. The molecule has 0 radical (unpaired) electrons. The zero-order chi connectivity index (χ0) is 19.4. The largest absolute Gasteiger partial charge is 0.393 e. The first-order valence-corrected chi connectivity index (χ1v) is 9.34. The Labute approximate surface area is 151 Å². The third-order valence-electron chi connectivity index (χ3n) is 6.89. The molecule has 3 N–H and O–H groups in total. The van der Waals surface area contributed by atoms with Crippen molar-refractivity contribution in [3.63, 3.8) is 0 Å². The van der Waals surface area contributed by atoms with E-state index in [2.05, 4.69) is 0 Å². The average Bonchev–Trinajstić information content (AvgIpc) is 2.47. The summed E-state index contributed by atoms with van der Waals surface area (Å²) < 4.78 is 0. The Kier molecular flexibility index (Phi) is 5.21. The molecular weight excluding hydrogens is 320 g/mol. The average molecular weight is 357 g/mol. The van der Waals surface area contributed by atoms with Crippen molar-refractivity contribution in [2.45, 2.75) is 109 Å². The van der Waals surface area contributed by atoms with Crippen LogP contribution in [0.4, 0.5) is 0 Å². The van der Waals surface area contributed by atoms with E-state index in [1.54, 1.807) is 0 Å². The number of aliphatic hydroxyl groups excluding tert-OH is 1. The molecular formula is C19H36N2O4. The first-order valence-electron chi connectivity index (χ1n) is 9.34. The number of nitrogens with zero attached hydrogens (tertiary/aromatic N) is 2. The molecule has 4 atom stereocenters. The number of hydrogen-bond donors (Lipinski definition) is 3. The van der Waals surface area contributed by atoms with E-state index in [4.69, 9.17) is 0 Å². The molecule has 0 bridgehead atoms. The summed E-state index contributed by atoms with van der Waals surface area (Å²) in [6.07, 6.45) is 1.75. The molecule has 2 aliphatic heterocycles. The molecule has 0 aromatic heterocycles. The van der Waals surface area contributed by atoms with Gasteiger partial charge in [-0.2, -0.15) is 10.1 Å². The molecule has 2 rings (SSSR count). The molecule has 0 amide bonds. The maximum absolute atomic E-state index is 12.2. The number of hydrogen-bond acceptors (Lipinski definition) is 6. The van der Waals surface area contributed by atoms with Crippen LogP contribution in [0.2, 0.25) is 0 Å². The van der Waals surface area contributed by atoms with Gasteiger partial charge < -0.3 is 15.5 Å². The van der Waals surface area contributed by atoms with Crippen LogP contribution in [0.3, 0.4) is 0 Å². The van der Waals surface area contributed by atoms with Gasteiger partial charge in [0, 0.05) is 35.4 Å². The smallest absolute Gasteiger partial charge is 0.136 e. The summed E-state index contributed by atoms with van der Waals surface area (Å²) >= 11 is 0. The number of carbonyl (C=O) groups excluding carboxylic acids is 1. The van der Waals surface area contributed by atoms with Crippen molar-refractivity contribution in [1.29, 1.82) is 0 Å². The Morgan fingerprint density at radius 1 is 0.960 bits per heavy atom. The van der Waals surface area contributed by atoms with E-state index < -0.39 is 28.3 Å². The Balaban J connectivity index is 2.20. The third kappa shape index (κ3) is 3.52. The molecule has 0 aromatic rings. The molecule has 2 aliphatic rings. The van der Waals surface area contributed by atoms with Gasteiger partial charge >= 0.3 is 0 Å². The lowest BCUT2D eigenvalue weighted by molar-refractivity contribution is -0.287. The van der Waals surface area contributed by atoms with Crippen molar-refractivity contribution < 1.29 is 20.3 Å². The number of Topliss-reactive ketones (excluding diaryl/α,β-unsaturated/α-hetero) is 1. The topological polar surface area (TPSA) is 84.2 Å². The fraction of sp³-hybridized carbons (Fsp3) is 0.947. The molecule has 0 aliphatic carbocycles. The second-order valence-corrected chi connectivity index (χ2v) is 10.0. The monoisotopic (exact) mass is 356 g/mol. The molecule has 146 valence electrons. The van der Waals surface area contributed by atoms with Crippen molar-refractivity contribution in [2.24, 2.45) is 5.92 Å². The van der Waals surface area contributed by atoms with Gasteiger partial charge in [-0.25, -0.2) is 0 Å². The van der Waals surface area contributed by atoms with Gasteiger partial charge in [0.15, 0.2) is 0 Å². The van der Waals surface area contributed by atoms with E-state index in [-0.39, 0.29) is 11.7 Å². The van der Waals surface area contributed by atoms with E-state index in [1.165, 1.54) is 10.1 Å². The molecule has 2 saturated heterocycles. The van der Waals surface area contributed by atoms with Gasteiger partial charge in [-0.15, -0.1) is 0 Å². The number of rotatable bonds is 3. The molecule has 6 nitrogen and oxygen atoms in total. The summed E-state index contributed by atoms with van der Waals surface area (Å²) in [7, 11) is 0. The highest BCUT2D eigenvalue weighted by atomic mass is 16.5. The summed E-state index contributed by atoms with van der Waals surface area (Å²) in [5.41, 5.74) is -2.41. The fourth-order valence-corrected chi connectivity index (χ4v) is 4.86. The first-order chi connectivity index (χ1) is 11.2. The quantitative estimate of drug-likeness (QED) is 0.721. The van der Waals surface area contributed by atoms with Crippen LogP contribution in [0.25, 0.3) is 0 Å². The molecule has 0 spiro atoms. The van der Waals surface area contributed by atoms with Gasteiger partial charge in [0.2, 0.25) is 0 Å². The zero-order valence-electron chi connectivity index (χ0n) is 16.8. The van der Waals surface area contributed by atoms with Gasteiger partial charge in [0.1, 0.15) is 5.78 Å². The van der Waals surface area contributed by atoms with E-state index in [0.717, 1.165) is 0 Å². The predicted octanol–water partition coefficient (Wildman–Crippen LogP) is 2.99. The second-order valence-electron chi connectivity index (χ2n) is 10.0. The highest BCUT2D eigenvalue weighted by Gasteiger charge is 2.53. The predicted molar refractivity (Wildman–Crippen MR) is 95.5 cm³/mol. The van der Waals surface area contributed by atoms with Crippen LogP contribution in [0.1, 0.15) is 80.6 Å². The Morgan fingerprint density at radius 3 is 2.04 bits per heavy atom. The van der Waals surface area contributed by atoms with E-state index in [0.29, 0.717) is 32.1 Å². The summed E-state index contributed by atoms with van der Waals surface area (Å²) in [6, 6.07) is 0. The van der Waals surface area contributed by atoms with Crippen LogP contribution >= 0.6 is 0 Å². The molecule has 6 heteroatoms. The van der Waals surface area contributed by atoms with Crippen molar-refractivity contribution >= 4 is 5.78 Å². The zero-order valence-corrected chi connectivity index (χ0v) is 16.8. The SMILES string of the molecule is CC1C(O)CC(C)(CCC2(C)CC(=O)CC(C)(C)N2O)N(O)C1(C)C.